The van der Waals surface area contributed by atoms with E-state index < -0.39 is 38.0 Å². The number of carbonyl (C=O) groups is 1. The van der Waals surface area contributed by atoms with Gasteiger partial charge in [-0.25, -0.2) is 13.8 Å². The molecule has 0 spiro atoms. The number of nitro benzene ring substituents is 1. The highest BCUT2D eigenvalue weighted by molar-refractivity contribution is 7.93. The highest BCUT2D eigenvalue weighted by atomic mass is 32.2. The number of para-hydroxylation sites is 2. The Kier molecular flexibility index (Phi) is 6.23. The zero-order valence-electron chi connectivity index (χ0n) is 15.5. The van der Waals surface area contributed by atoms with Crippen molar-refractivity contribution in [2.75, 3.05) is 10.8 Å². The van der Waals surface area contributed by atoms with E-state index in [2.05, 4.69) is 10.5 Å². The Morgan fingerprint density at radius 1 is 1.07 bits per heavy atom. The molecule has 1 N–H and O–H groups in total. The highest BCUT2D eigenvalue weighted by Crippen LogP contribution is 2.29. The van der Waals surface area contributed by atoms with E-state index in [1.807, 2.05) is 0 Å². The van der Waals surface area contributed by atoms with Crippen LogP contribution >= 0.6 is 0 Å². The van der Waals surface area contributed by atoms with Gasteiger partial charge in [0, 0.05) is 11.8 Å². The number of nitro groups is 1. The zero-order chi connectivity index (χ0) is 20.9. The Morgan fingerprint density at radius 3 is 2.34 bits per heavy atom. The van der Waals surface area contributed by atoms with Crippen LogP contribution in [0.2, 0.25) is 0 Å². The number of benzene rings is 2. The third-order valence-corrected chi connectivity index (χ3v) is 6.30. The van der Waals surface area contributed by atoms with Crippen LogP contribution in [0.4, 0.5) is 11.4 Å². The Bertz CT molecular complexity index is 1030. The van der Waals surface area contributed by atoms with Gasteiger partial charge in [0.1, 0.15) is 6.54 Å². The van der Waals surface area contributed by atoms with Crippen LogP contribution in [0.15, 0.2) is 64.6 Å². The predicted octanol–water partition coefficient (Wildman–Crippen LogP) is 2.84. The third-order valence-electron chi connectivity index (χ3n) is 4.48. The van der Waals surface area contributed by atoms with Gasteiger partial charge in [-0.1, -0.05) is 30.3 Å². The monoisotopic (exact) mass is 416 g/mol. The Hall–Kier alpha value is -3.27. The lowest BCUT2D eigenvalue weighted by Gasteiger charge is -2.23. The lowest BCUT2D eigenvalue weighted by Crippen LogP contribution is -2.40. The van der Waals surface area contributed by atoms with Gasteiger partial charge in [0.25, 0.3) is 21.6 Å². The quantitative estimate of drug-likeness (QED) is 0.549. The predicted molar refractivity (Wildman–Crippen MR) is 108 cm³/mol. The van der Waals surface area contributed by atoms with Gasteiger partial charge in [-0.2, -0.15) is 5.10 Å². The molecule has 0 bridgehead atoms. The number of nitrogens with one attached hydrogen (secondary N) is 1. The largest absolute Gasteiger partial charge is 0.289 e. The summed E-state index contributed by atoms with van der Waals surface area (Å²) in [6, 6.07) is 13.0. The lowest BCUT2D eigenvalue weighted by atomic mass is 10.3. The zero-order valence-corrected chi connectivity index (χ0v) is 16.3. The van der Waals surface area contributed by atoms with E-state index in [1.165, 1.54) is 24.3 Å². The molecule has 2 aromatic carbocycles. The normalized spacial score (nSPS) is 13.7. The number of hydrazone groups is 1. The van der Waals surface area contributed by atoms with Crippen molar-refractivity contribution < 1.29 is 18.1 Å². The SMILES string of the molecule is O=C(CN(c1ccccc1)S(=O)(=O)c1ccccc1[N+](=O)[O-])NN=C1CCCC1. The molecule has 0 atom stereocenters. The molecule has 0 saturated heterocycles. The van der Waals surface area contributed by atoms with Crippen LogP contribution in [0.5, 0.6) is 0 Å². The van der Waals surface area contributed by atoms with Crippen LogP contribution in [0.3, 0.4) is 0 Å². The molecule has 10 heteroatoms. The van der Waals surface area contributed by atoms with Crippen LogP contribution < -0.4 is 9.73 Å². The molecule has 1 amide bonds. The summed E-state index contributed by atoms with van der Waals surface area (Å²) in [5, 5.41) is 15.4. The van der Waals surface area contributed by atoms with Gasteiger partial charge in [-0.15, -0.1) is 0 Å². The van der Waals surface area contributed by atoms with Crippen LogP contribution in [0, 0.1) is 10.1 Å². The first-order valence-electron chi connectivity index (χ1n) is 9.05. The summed E-state index contributed by atoms with van der Waals surface area (Å²) >= 11 is 0. The first-order chi connectivity index (χ1) is 13.9. The minimum absolute atomic E-state index is 0.217. The first kappa shape index (κ1) is 20.5. The lowest BCUT2D eigenvalue weighted by molar-refractivity contribution is -0.387. The smallest absolute Gasteiger partial charge is 0.271 e. The van der Waals surface area contributed by atoms with E-state index in [0.29, 0.717) is 0 Å². The summed E-state index contributed by atoms with van der Waals surface area (Å²) in [7, 11) is -4.38. The van der Waals surface area contributed by atoms with Crippen molar-refractivity contribution in [3.8, 4) is 0 Å². The van der Waals surface area contributed by atoms with Crippen molar-refractivity contribution in [3.05, 3.63) is 64.7 Å². The Morgan fingerprint density at radius 2 is 1.69 bits per heavy atom. The summed E-state index contributed by atoms with van der Waals surface area (Å²) in [5.74, 6) is -0.629. The van der Waals surface area contributed by atoms with Crippen LogP contribution in [0.25, 0.3) is 0 Å². The fourth-order valence-corrected chi connectivity index (χ4v) is 4.64. The van der Waals surface area contributed by atoms with Crippen molar-refractivity contribution >= 4 is 33.0 Å². The van der Waals surface area contributed by atoms with E-state index in [-0.39, 0.29) is 5.69 Å². The Balaban J connectivity index is 1.94. The summed E-state index contributed by atoms with van der Waals surface area (Å²) in [6.07, 6.45) is 3.63. The number of rotatable bonds is 7. The first-order valence-corrected chi connectivity index (χ1v) is 10.5. The maximum absolute atomic E-state index is 13.3. The minimum Gasteiger partial charge on any atom is -0.271 e. The maximum atomic E-state index is 13.3. The van der Waals surface area contributed by atoms with Crippen molar-refractivity contribution in [1.29, 1.82) is 0 Å². The second kappa shape index (κ2) is 8.82. The molecule has 0 heterocycles. The molecule has 1 saturated carbocycles. The van der Waals surface area contributed by atoms with Gasteiger partial charge in [-0.3, -0.25) is 19.2 Å². The number of hydrogen-bond acceptors (Lipinski definition) is 6. The van der Waals surface area contributed by atoms with E-state index >= 15 is 0 Å². The second-order valence-corrected chi connectivity index (χ2v) is 8.32. The molecule has 0 aliphatic heterocycles. The number of anilines is 1. The second-order valence-electron chi connectivity index (χ2n) is 6.49. The van der Waals surface area contributed by atoms with Gasteiger partial charge < -0.3 is 0 Å². The average molecular weight is 416 g/mol. The number of hydrogen-bond donors (Lipinski definition) is 1. The molecular weight excluding hydrogens is 396 g/mol. The van der Waals surface area contributed by atoms with Crippen molar-refractivity contribution in [2.24, 2.45) is 5.10 Å². The molecule has 2 aromatic rings. The van der Waals surface area contributed by atoms with Crippen molar-refractivity contribution in [1.82, 2.24) is 5.43 Å². The molecule has 1 aliphatic rings. The molecule has 0 radical (unpaired) electrons. The summed E-state index contributed by atoms with van der Waals surface area (Å²) in [5.41, 5.74) is 2.92. The maximum Gasteiger partial charge on any atom is 0.289 e. The molecule has 29 heavy (non-hydrogen) atoms. The molecule has 9 nitrogen and oxygen atoms in total. The van der Waals surface area contributed by atoms with E-state index in [0.717, 1.165) is 47.8 Å². The number of amides is 1. The fourth-order valence-electron chi connectivity index (χ4n) is 3.06. The van der Waals surface area contributed by atoms with E-state index in [1.54, 1.807) is 18.2 Å². The third kappa shape index (κ3) is 4.77. The number of carbonyl (C=O) groups excluding carboxylic acids is 1. The molecule has 1 fully saturated rings. The van der Waals surface area contributed by atoms with E-state index in [4.69, 9.17) is 0 Å². The van der Waals surface area contributed by atoms with Gasteiger partial charge in [0.15, 0.2) is 4.90 Å². The van der Waals surface area contributed by atoms with Crippen LogP contribution in [-0.4, -0.2) is 31.5 Å². The summed E-state index contributed by atoms with van der Waals surface area (Å²) < 4.78 is 27.4. The molecule has 1 aliphatic carbocycles. The van der Waals surface area contributed by atoms with Gasteiger partial charge in [0.2, 0.25) is 0 Å². The molecule has 0 unspecified atom stereocenters. The Labute approximate surface area is 168 Å². The van der Waals surface area contributed by atoms with Crippen LogP contribution in [-0.2, 0) is 14.8 Å². The van der Waals surface area contributed by atoms with Crippen molar-refractivity contribution in [3.63, 3.8) is 0 Å². The average Bonchev–Trinajstić information content (AvgIpc) is 3.24. The molecular formula is C19H20N4O5S. The van der Waals surface area contributed by atoms with Gasteiger partial charge in [0.05, 0.1) is 10.6 Å². The molecule has 152 valence electrons. The molecule has 0 aromatic heterocycles. The van der Waals surface area contributed by atoms with E-state index in [9.17, 15) is 23.3 Å². The van der Waals surface area contributed by atoms with Crippen LogP contribution in [0.1, 0.15) is 25.7 Å². The van der Waals surface area contributed by atoms with Crippen molar-refractivity contribution in [2.45, 2.75) is 30.6 Å². The minimum atomic E-state index is -4.38. The summed E-state index contributed by atoms with van der Waals surface area (Å²) in [4.78, 5) is 22.5. The standard InChI is InChI=1S/C19H20N4O5S/c24-19(21-20-15-8-4-5-9-15)14-22(16-10-2-1-3-11-16)29(27,28)18-13-7-6-12-17(18)23(25)26/h1-3,6-7,10-13H,4-5,8-9,14H2,(H,21,24). The highest BCUT2D eigenvalue weighted by Gasteiger charge is 2.33. The fraction of sp³-hybridized carbons (Fsp3) is 0.263. The number of nitrogens with zero attached hydrogens (tertiary/aromatic N) is 3. The van der Waals surface area contributed by atoms with Gasteiger partial charge in [-0.05, 0) is 43.9 Å². The number of sulfonamides is 1. The summed E-state index contributed by atoms with van der Waals surface area (Å²) in [6.45, 7) is -0.560. The van der Waals surface area contributed by atoms with Gasteiger partial charge >= 0.3 is 0 Å². The topological polar surface area (TPSA) is 122 Å². The molecule has 3 rings (SSSR count).